The van der Waals surface area contributed by atoms with Crippen LogP contribution in [0.2, 0.25) is 0 Å². The Morgan fingerprint density at radius 3 is 2.50 bits per heavy atom. The average Bonchev–Trinajstić information content (AvgIpc) is 2.73. The van der Waals surface area contributed by atoms with Crippen LogP contribution in [-0.4, -0.2) is 18.7 Å². The van der Waals surface area contributed by atoms with E-state index in [1.165, 1.54) is 21.0 Å². The molecule has 5 nitrogen and oxygen atoms in total. The van der Waals surface area contributed by atoms with Crippen molar-refractivity contribution in [1.82, 2.24) is 0 Å². The molecular formula is C23H19F4N3O2. The maximum absolute atomic E-state index is 13.8. The molecule has 2 aromatic carbocycles. The van der Waals surface area contributed by atoms with E-state index in [0.29, 0.717) is 17.5 Å². The number of anilines is 1. The zero-order valence-corrected chi connectivity index (χ0v) is 17.4. The summed E-state index contributed by atoms with van der Waals surface area (Å²) in [7, 11) is 1.41. The number of hydrogen-bond acceptors (Lipinski definition) is 4. The maximum atomic E-state index is 13.8. The largest absolute Gasteiger partial charge is 0.495 e. The second-order valence-electron chi connectivity index (χ2n) is 7.22. The Morgan fingerprint density at radius 1 is 1.19 bits per heavy atom. The number of rotatable bonds is 4. The van der Waals surface area contributed by atoms with E-state index in [9.17, 15) is 27.6 Å². The minimum Gasteiger partial charge on any atom is -0.495 e. The van der Waals surface area contributed by atoms with E-state index in [2.05, 4.69) is 10.3 Å². The molecule has 2 atom stereocenters. The highest BCUT2D eigenvalue weighted by atomic mass is 19.4. The number of ether oxygens (including phenoxy) is 1. The summed E-state index contributed by atoms with van der Waals surface area (Å²) in [4.78, 5) is 17.5. The highest BCUT2D eigenvalue weighted by molar-refractivity contribution is 6.08. The first kappa shape index (κ1) is 23.0. The predicted molar refractivity (Wildman–Crippen MR) is 111 cm³/mol. The maximum Gasteiger partial charge on any atom is 0.416 e. The van der Waals surface area contributed by atoms with Crippen molar-refractivity contribution in [3.8, 4) is 11.8 Å². The topological polar surface area (TPSA) is 74.5 Å². The van der Waals surface area contributed by atoms with Gasteiger partial charge < -0.3 is 10.1 Å². The number of aliphatic imine (C=N–C) groups is 1. The first-order valence-corrected chi connectivity index (χ1v) is 9.55. The quantitative estimate of drug-likeness (QED) is 0.635. The third-order valence-electron chi connectivity index (χ3n) is 5.22. The summed E-state index contributed by atoms with van der Waals surface area (Å²) in [6, 6.07) is 10.7. The van der Waals surface area contributed by atoms with Crippen molar-refractivity contribution in [2.45, 2.75) is 25.9 Å². The number of carbonyl (C=O) groups excluding carboxylic acids is 1. The van der Waals surface area contributed by atoms with Gasteiger partial charge in [-0.2, -0.15) is 18.4 Å². The van der Waals surface area contributed by atoms with Gasteiger partial charge in [0, 0.05) is 22.9 Å². The Morgan fingerprint density at radius 2 is 1.88 bits per heavy atom. The number of methoxy groups -OCH3 is 1. The van der Waals surface area contributed by atoms with Crippen LogP contribution in [0.3, 0.4) is 0 Å². The van der Waals surface area contributed by atoms with Gasteiger partial charge in [-0.15, -0.1) is 0 Å². The summed E-state index contributed by atoms with van der Waals surface area (Å²) < 4.78 is 60.2. The van der Waals surface area contributed by atoms with Gasteiger partial charge in [0.25, 0.3) is 5.91 Å². The highest BCUT2D eigenvalue weighted by Crippen LogP contribution is 2.44. The molecule has 1 heterocycles. The number of nitrogens with zero attached hydrogens (tertiary/aromatic N) is 2. The highest BCUT2D eigenvalue weighted by Gasteiger charge is 2.43. The number of allylic oxidation sites excluding steroid dienone is 1. The van der Waals surface area contributed by atoms with E-state index >= 15 is 0 Å². The van der Waals surface area contributed by atoms with E-state index in [1.54, 1.807) is 24.3 Å². The molecule has 1 N–H and O–H groups in total. The molecule has 2 aromatic rings. The van der Waals surface area contributed by atoms with E-state index in [0.717, 1.165) is 12.1 Å². The molecule has 0 bridgehead atoms. The molecule has 3 rings (SSSR count). The van der Waals surface area contributed by atoms with Crippen LogP contribution < -0.4 is 10.1 Å². The fourth-order valence-electron chi connectivity index (χ4n) is 3.82. The summed E-state index contributed by atoms with van der Waals surface area (Å²) in [5, 5.41) is 12.4. The number of halogens is 4. The minimum atomic E-state index is -4.89. The van der Waals surface area contributed by atoms with Gasteiger partial charge in [-0.05, 0) is 43.7 Å². The van der Waals surface area contributed by atoms with Crippen LogP contribution >= 0.6 is 0 Å². The zero-order valence-electron chi connectivity index (χ0n) is 17.4. The molecule has 2 unspecified atom stereocenters. The number of carbonyl (C=O) groups is 1. The van der Waals surface area contributed by atoms with Crippen molar-refractivity contribution < 1.29 is 27.1 Å². The smallest absolute Gasteiger partial charge is 0.416 e. The summed E-state index contributed by atoms with van der Waals surface area (Å²) in [6.45, 7) is 2.99. The monoisotopic (exact) mass is 445 g/mol. The lowest BCUT2D eigenvalue weighted by Gasteiger charge is -2.31. The summed E-state index contributed by atoms with van der Waals surface area (Å²) in [6.07, 6.45) is -4.89. The SMILES string of the molecule is COc1ccccc1NC(=O)C1=C(C)N=C(C)C(C#N)C1c1ccc(F)cc1C(F)(F)F. The number of benzene rings is 2. The lowest BCUT2D eigenvalue weighted by atomic mass is 9.74. The molecule has 0 aromatic heterocycles. The van der Waals surface area contributed by atoms with Gasteiger partial charge in [0.2, 0.25) is 0 Å². The van der Waals surface area contributed by atoms with E-state index < -0.39 is 35.3 Å². The van der Waals surface area contributed by atoms with Gasteiger partial charge in [0.15, 0.2) is 0 Å². The van der Waals surface area contributed by atoms with Gasteiger partial charge in [-0.3, -0.25) is 9.79 Å². The number of para-hydroxylation sites is 2. The molecule has 0 saturated carbocycles. The van der Waals surface area contributed by atoms with Crippen LogP contribution in [-0.2, 0) is 11.0 Å². The van der Waals surface area contributed by atoms with Gasteiger partial charge in [-0.25, -0.2) is 4.39 Å². The number of nitriles is 1. The van der Waals surface area contributed by atoms with E-state index in [1.807, 2.05) is 6.07 Å². The molecule has 0 fully saturated rings. The van der Waals surface area contributed by atoms with E-state index in [-0.39, 0.29) is 22.5 Å². The molecule has 9 heteroatoms. The third-order valence-corrected chi connectivity index (χ3v) is 5.22. The first-order chi connectivity index (χ1) is 15.1. The van der Waals surface area contributed by atoms with E-state index in [4.69, 9.17) is 4.74 Å². The summed E-state index contributed by atoms with van der Waals surface area (Å²) in [5.41, 5.74) is -0.985. The van der Waals surface area contributed by atoms with Crippen molar-refractivity contribution in [3.05, 3.63) is 70.7 Å². The third kappa shape index (κ3) is 4.35. The second kappa shape index (κ2) is 8.83. The van der Waals surface area contributed by atoms with Gasteiger partial charge >= 0.3 is 6.18 Å². The Kier molecular flexibility index (Phi) is 6.35. The number of hydrogen-bond donors (Lipinski definition) is 1. The lowest BCUT2D eigenvalue weighted by molar-refractivity contribution is -0.138. The zero-order chi connectivity index (χ0) is 23.6. The van der Waals surface area contributed by atoms with Crippen LogP contribution in [0.25, 0.3) is 0 Å². The van der Waals surface area contributed by atoms with Crippen LogP contribution in [0.4, 0.5) is 23.2 Å². The fraction of sp³-hybridized carbons (Fsp3) is 0.261. The normalized spacial score (nSPS) is 18.6. The minimum absolute atomic E-state index is 0.106. The fourth-order valence-corrected chi connectivity index (χ4v) is 3.82. The standard InChI is InChI=1S/C23H19F4N3O2/c1-12-16(11-28)21(15-9-8-14(24)10-17(15)23(25,26)27)20(13(2)29-12)22(31)30-18-6-4-5-7-19(18)32-3/h4-10,16,21H,1-3H3,(H,30,31). The first-order valence-electron chi connectivity index (χ1n) is 9.55. The van der Waals surface area contributed by atoms with Crippen LogP contribution in [0.15, 0.2) is 58.7 Å². The lowest BCUT2D eigenvalue weighted by Crippen LogP contribution is -2.32. The van der Waals surface area contributed by atoms with Crippen molar-refractivity contribution in [3.63, 3.8) is 0 Å². The average molecular weight is 445 g/mol. The van der Waals surface area contributed by atoms with Crippen molar-refractivity contribution >= 4 is 17.3 Å². The number of alkyl halides is 3. The Bertz CT molecular complexity index is 1160. The van der Waals surface area contributed by atoms with Crippen molar-refractivity contribution in [2.24, 2.45) is 10.9 Å². The van der Waals surface area contributed by atoms with Crippen LogP contribution in [0, 0.1) is 23.1 Å². The summed E-state index contributed by atoms with van der Waals surface area (Å²) in [5.74, 6) is -3.91. The van der Waals surface area contributed by atoms with Crippen molar-refractivity contribution in [2.75, 3.05) is 12.4 Å². The molecule has 0 radical (unpaired) electrons. The van der Waals surface area contributed by atoms with Gasteiger partial charge in [0.05, 0.1) is 30.3 Å². The predicted octanol–water partition coefficient (Wildman–Crippen LogP) is 5.46. The Hall–Kier alpha value is -3.67. The van der Waals surface area contributed by atoms with Crippen molar-refractivity contribution in [1.29, 1.82) is 5.26 Å². The molecule has 1 aliphatic heterocycles. The summed E-state index contributed by atoms with van der Waals surface area (Å²) >= 11 is 0. The Labute approximate surface area is 182 Å². The molecule has 166 valence electrons. The van der Waals surface area contributed by atoms with Crippen LogP contribution in [0.5, 0.6) is 5.75 Å². The molecule has 0 saturated heterocycles. The Balaban J connectivity index is 2.18. The van der Waals surface area contributed by atoms with Gasteiger partial charge in [0.1, 0.15) is 11.6 Å². The molecule has 0 spiro atoms. The number of nitrogens with one attached hydrogen (secondary N) is 1. The van der Waals surface area contributed by atoms with Crippen LogP contribution in [0.1, 0.15) is 30.9 Å². The molecular weight excluding hydrogens is 426 g/mol. The molecule has 0 aliphatic carbocycles. The number of amides is 1. The molecule has 1 aliphatic rings. The molecule has 1 amide bonds. The second-order valence-corrected chi connectivity index (χ2v) is 7.22. The van der Waals surface area contributed by atoms with Gasteiger partial charge in [-0.1, -0.05) is 18.2 Å². The molecule has 32 heavy (non-hydrogen) atoms.